The first-order valence-corrected chi connectivity index (χ1v) is 12.5. The highest BCUT2D eigenvalue weighted by molar-refractivity contribution is 7.32. The molecule has 0 saturated carbocycles. The summed E-state index contributed by atoms with van der Waals surface area (Å²) < 4.78 is 6.47. The van der Waals surface area contributed by atoms with E-state index in [1.54, 1.807) is 0 Å². The first-order valence-electron chi connectivity index (χ1n) is 6.62. The Labute approximate surface area is 127 Å². The first-order chi connectivity index (χ1) is 9.48. The highest BCUT2D eigenvalue weighted by atomic mass is 35.6. The van der Waals surface area contributed by atoms with Gasteiger partial charge in [-0.15, -0.1) is 17.7 Å². The van der Waals surface area contributed by atoms with Gasteiger partial charge in [-0.2, -0.15) is 0 Å². The van der Waals surface area contributed by atoms with Gasteiger partial charge in [0, 0.05) is 0 Å². The standard InChI is InChI=1S/C16H19ClOSi2/c1-4-19(2,3)18-20(17,15-11-7-5-8-12-15)16-13-9-6-10-14-16/h4-14H,1H2,2-3H3. The van der Waals surface area contributed by atoms with E-state index < -0.39 is 15.9 Å². The predicted octanol–water partition coefficient (Wildman–Crippen LogP) is 3.43. The summed E-state index contributed by atoms with van der Waals surface area (Å²) in [5.41, 5.74) is 1.93. The van der Waals surface area contributed by atoms with Crippen LogP contribution >= 0.6 is 11.1 Å². The number of hydrogen-bond acceptors (Lipinski definition) is 1. The van der Waals surface area contributed by atoms with Crippen LogP contribution in [-0.2, 0) is 4.12 Å². The molecule has 0 bridgehead atoms. The van der Waals surface area contributed by atoms with Gasteiger partial charge in [0.05, 0.1) is 0 Å². The molecule has 0 saturated heterocycles. The zero-order valence-electron chi connectivity index (χ0n) is 11.8. The molecule has 0 heterocycles. The molecule has 2 aromatic carbocycles. The Bertz CT molecular complexity index is 530. The molecule has 2 aromatic rings. The lowest BCUT2D eigenvalue weighted by atomic mass is 10.4. The van der Waals surface area contributed by atoms with Crippen molar-refractivity contribution in [2.24, 2.45) is 0 Å². The second kappa shape index (κ2) is 6.10. The molecule has 4 heteroatoms. The minimum atomic E-state index is -2.70. The maximum absolute atomic E-state index is 7.06. The molecule has 0 aliphatic carbocycles. The molecule has 0 fully saturated rings. The van der Waals surface area contributed by atoms with E-state index in [0.717, 1.165) is 10.4 Å². The van der Waals surface area contributed by atoms with Crippen LogP contribution in [0.5, 0.6) is 0 Å². The van der Waals surface area contributed by atoms with E-state index in [1.165, 1.54) is 0 Å². The average molecular weight is 319 g/mol. The van der Waals surface area contributed by atoms with Gasteiger partial charge in [-0.1, -0.05) is 66.4 Å². The number of benzene rings is 2. The van der Waals surface area contributed by atoms with Crippen molar-refractivity contribution in [2.45, 2.75) is 13.1 Å². The second-order valence-electron chi connectivity index (χ2n) is 5.24. The van der Waals surface area contributed by atoms with Gasteiger partial charge in [-0.25, -0.2) is 0 Å². The maximum atomic E-state index is 7.06. The Morgan fingerprint density at radius 3 is 1.65 bits per heavy atom. The van der Waals surface area contributed by atoms with Gasteiger partial charge in [0.15, 0.2) is 8.32 Å². The van der Waals surface area contributed by atoms with Crippen LogP contribution in [0.1, 0.15) is 0 Å². The fourth-order valence-electron chi connectivity index (χ4n) is 1.99. The summed E-state index contributed by atoms with van der Waals surface area (Å²) >= 11 is 7.06. The van der Waals surface area contributed by atoms with Crippen molar-refractivity contribution in [3.8, 4) is 0 Å². The predicted molar refractivity (Wildman–Crippen MR) is 92.5 cm³/mol. The lowest BCUT2D eigenvalue weighted by Gasteiger charge is -2.33. The van der Waals surface area contributed by atoms with E-state index in [9.17, 15) is 0 Å². The summed E-state index contributed by atoms with van der Waals surface area (Å²) in [5, 5.41) is 2.16. The third kappa shape index (κ3) is 3.30. The van der Waals surface area contributed by atoms with Crippen LogP contribution < -0.4 is 10.4 Å². The Hall–Kier alpha value is -1.14. The van der Waals surface area contributed by atoms with Gasteiger partial charge >= 0.3 is 7.63 Å². The monoisotopic (exact) mass is 318 g/mol. The molecule has 20 heavy (non-hydrogen) atoms. The second-order valence-corrected chi connectivity index (χ2v) is 13.6. The molecule has 1 nitrogen and oxygen atoms in total. The first kappa shape index (κ1) is 15.3. The van der Waals surface area contributed by atoms with Crippen molar-refractivity contribution in [3.63, 3.8) is 0 Å². The molecule has 2 rings (SSSR count). The smallest absolute Gasteiger partial charge is 0.345 e. The molecular formula is C16H19ClOSi2. The van der Waals surface area contributed by atoms with Gasteiger partial charge in [-0.05, 0) is 23.5 Å². The highest BCUT2D eigenvalue weighted by Crippen LogP contribution is 2.19. The number of halogens is 1. The zero-order chi connectivity index (χ0) is 14.6. The van der Waals surface area contributed by atoms with Crippen molar-refractivity contribution in [3.05, 3.63) is 72.9 Å². The molecule has 0 spiro atoms. The van der Waals surface area contributed by atoms with Crippen LogP contribution in [0.2, 0.25) is 13.1 Å². The van der Waals surface area contributed by atoms with Gasteiger partial charge < -0.3 is 4.12 Å². The third-order valence-corrected chi connectivity index (χ3v) is 11.6. The van der Waals surface area contributed by atoms with Crippen LogP contribution in [0.25, 0.3) is 0 Å². The molecule has 0 atom stereocenters. The largest absolute Gasteiger partial charge is 0.435 e. The lowest BCUT2D eigenvalue weighted by Crippen LogP contribution is -2.60. The minimum absolute atomic E-state index is 1.08. The van der Waals surface area contributed by atoms with Crippen LogP contribution in [0.3, 0.4) is 0 Å². The van der Waals surface area contributed by atoms with E-state index in [4.69, 9.17) is 15.2 Å². The summed E-state index contributed by atoms with van der Waals surface area (Å²) in [6.45, 7) is 8.15. The topological polar surface area (TPSA) is 9.23 Å². The average Bonchev–Trinajstić information content (AvgIpc) is 2.48. The molecule has 0 unspecified atom stereocenters. The maximum Gasteiger partial charge on any atom is 0.345 e. The Morgan fingerprint density at radius 2 is 1.30 bits per heavy atom. The van der Waals surface area contributed by atoms with E-state index >= 15 is 0 Å². The lowest BCUT2D eigenvalue weighted by molar-refractivity contribution is 0.593. The third-order valence-electron chi connectivity index (χ3n) is 3.19. The van der Waals surface area contributed by atoms with Crippen molar-refractivity contribution in [1.82, 2.24) is 0 Å². The highest BCUT2D eigenvalue weighted by Gasteiger charge is 2.42. The number of rotatable bonds is 5. The molecule has 0 radical (unpaired) electrons. The van der Waals surface area contributed by atoms with Gasteiger partial charge in [0.2, 0.25) is 0 Å². The van der Waals surface area contributed by atoms with E-state index in [2.05, 4.69) is 43.9 Å². The molecule has 0 aliphatic heterocycles. The van der Waals surface area contributed by atoms with E-state index in [0.29, 0.717) is 0 Å². The van der Waals surface area contributed by atoms with Gasteiger partial charge in [-0.3, -0.25) is 0 Å². The van der Waals surface area contributed by atoms with Crippen LogP contribution in [0.15, 0.2) is 72.9 Å². The van der Waals surface area contributed by atoms with Gasteiger partial charge in [0.1, 0.15) is 0 Å². The summed E-state index contributed by atoms with van der Waals surface area (Å²) in [5.74, 6) is 0. The van der Waals surface area contributed by atoms with E-state index in [1.807, 2.05) is 42.1 Å². The fourth-order valence-corrected chi connectivity index (χ4v) is 10.3. The summed E-state index contributed by atoms with van der Waals surface area (Å²) in [4.78, 5) is 0. The zero-order valence-corrected chi connectivity index (χ0v) is 14.6. The molecular weight excluding hydrogens is 300 g/mol. The van der Waals surface area contributed by atoms with Crippen molar-refractivity contribution < 1.29 is 4.12 Å². The fraction of sp³-hybridized carbons (Fsp3) is 0.125. The normalized spacial score (nSPS) is 12.2. The van der Waals surface area contributed by atoms with Crippen LogP contribution in [0, 0.1) is 0 Å². The Balaban J connectivity index is 2.52. The summed E-state index contributed by atoms with van der Waals surface area (Å²) in [7, 11) is -4.68. The minimum Gasteiger partial charge on any atom is -0.435 e. The molecule has 0 N–H and O–H groups in total. The quantitative estimate of drug-likeness (QED) is 0.606. The SMILES string of the molecule is C=C[Si](C)(C)O[Si](Cl)(c1ccccc1)c1ccccc1. The van der Waals surface area contributed by atoms with Crippen molar-refractivity contribution in [1.29, 1.82) is 0 Å². The van der Waals surface area contributed by atoms with Crippen molar-refractivity contribution in [2.75, 3.05) is 0 Å². The summed E-state index contributed by atoms with van der Waals surface area (Å²) in [6, 6.07) is 20.2. The van der Waals surface area contributed by atoms with Gasteiger partial charge in [0.25, 0.3) is 0 Å². The summed E-state index contributed by atoms with van der Waals surface area (Å²) in [6.07, 6.45) is 0. The molecule has 0 aliphatic rings. The number of hydrogen-bond donors (Lipinski definition) is 0. The van der Waals surface area contributed by atoms with Crippen LogP contribution in [0.4, 0.5) is 0 Å². The Morgan fingerprint density at radius 1 is 0.900 bits per heavy atom. The Kier molecular flexibility index (Phi) is 4.65. The van der Waals surface area contributed by atoms with Crippen LogP contribution in [-0.4, -0.2) is 15.9 Å². The molecule has 104 valence electrons. The molecule has 0 aromatic heterocycles. The molecule has 0 amide bonds. The van der Waals surface area contributed by atoms with Crippen molar-refractivity contribution >= 4 is 37.4 Å². The van der Waals surface area contributed by atoms with E-state index in [-0.39, 0.29) is 0 Å².